The van der Waals surface area contributed by atoms with Crippen LogP contribution in [0.4, 0.5) is 5.69 Å². The van der Waals surface area contributed by atoms with E-state index in [1.54, 1.807) is 0 Å². The van der Waals surface area contributed by atoms with E-state index in [2.05, 4.69) is 35.2 Å². The number of hydrogen-bond donors (Lipinski definition) is 0. The number of hydrogen-bond acceptors (Lipinski definition) is 4. The predicted molar refractivity (Wildman–Crippen MR) is 96.7 cm³/mol. The molecule has 2 aliphatic heterocycles. The van der Waals surface area contributed by atoms with Crippen molar-refractivity contribution >= 4 is 11.6 Å². The molecule has 0 unspecified atom stereocenters. The monoisotopic (exact) mass is 344 g/mol. The number of rotatable bonds is 5. The van der Waals surface area contributed by atoms with Crippen molar-refractivity contribution in [2.75, 3.05) is 44.4 Å². The van der Waals surface area contributed by atoms with Crippen LogP contribution in [0.1, 0.15) is 25.7 Å². The second-order valence-corrected chi connectivity index (χ2v) is 7.45. The summed E-state index contributed by atoms with van der Waals surface area (Å²) >= 11 is 0. The summed E-state index contributed by atoms with van der Waals surface area (Å²) in [6, 6.07) is 11.0. The molecular weight excluding hydrogens is 316 g/mol. The van der Waals surface area contributed by atoms with E-state index in [4.69, 9.17) is 9.47 Å². The van der Waals surface area contributed by atoms with Gasteiger partial charge in [0.15, 0.2) is 0 Å². The number of fused-ring (bicyclic) bond motifs is 1. The lowest BCUT2D eigenvalue weighted by Crippen LogP contribution is -2.48. The summed E-state index contributed by atoms with van der Waals surface area (Å²) in [6.45, 7) is 4.43. The second kappa shape index (κ2) is 7.75. The molecule has 1 aromatic carbocycles. The predicted octanol–water partition coefficient (Wildman–Crippen LogP) is 2.31. The highest BCUT2D eigenvalue weighted by molar-refractivity contribution is 5.77. The van der Waals surface area contributed by atoms with Crippen LogP contribution in [-0.2, 0) is 14.3 Å². The molecule has 1 amide bonds. The summed E-state index contributed by atoms with van der Waals surface area (Å²) in [5, 5.41) is 0. The molecule has 4 rings (SSSR count). The van der Waals surface area contributed by atoms with Gasteiger partial charge in [0.2, 0.25) is 5.91 Å². The zero-order valence-electron chi connectivity index (χ0n) is 14.8. The van der Waals surface area contributed by atoms with Gasteiger partial charge < -0.3 is 19.3 Å². The van der Waals surface area contributed by atoms with Gasteiger partial charge in [0, 0.05) is 25.3 Å². The van der Waals surface area contributed by atoms with Crippen LogP contribution >= 0.6 is 0 Å². The van der Waals surface area contributed by atoms with Gasteiger partial charge in [-0.1, -0.05) is 18.2 Å². The SMILES string of the molecule is O=C(COC[C@H]1C[C@@H]2OCCN(c3ccccc3)[C@H]2C1)N1CCCC1. The number of para-hydroxylation sites is 1. The van der Waals surface area contributed by atoms with Gasteiger partial charge in [-0.2, -0.15) is 0 Å². The Morgan fingerprint density at radius 1 is 1.12 bits per heavy atom. The Bertz CT molecular complexity index is 574. The first-order chi connectivity index (χ1) is 12.3. The van der Waals surface area contributed by atoms with Crippen LogP contribution in [0.5, 0.6) is 0 Å². The highest BCUT2D eigenvalue weighted by atomic mass is 16.5. The summed E-state index contributed by atoms with van der Waals surface area (Å²) in [5.74, 6) is 0.626. The van der Waals surface area contributed by atoms with Gasteiger partial charge >= 0.3 is 0 Å². The van der Waals surface area contributed by atoms with Crippen molar-refractivity contribution in [1.82, 2.24) is 4.90 Å². The average Bonchev–Trinajstić information content (AvgIpc) is 3.31. The third kappa shape index (κ3) is 3.82. The fourth-order valence-electron chi connectivity index (χ4n) is 4.50. The highest BCUT2D eigenvalue weighted by Gasteiger charge is 2.41. The Morgan fingerprint density at radius 3 is 2.72 bits per heavy atom. The third-order valence-corrected chi connectivity index (χ3v) is 5.76. The average molecular weight is 344 g/mol. The molecule has 1 aromatic rings. The molecule has 2 saturated heterocycles. The number of nitrogens with zero attached hydrogens (tertiary/aromatic N) is 2. The molecule has 3 aliphatic rings. The summed E-state index contributed by atoms with van der Waals surface area (Å²) in [7, 11) is 0. The van der Waals surface area contributed by atoms with Crippen LogP contribution in [0.2, 0.25) is 0 Å². The summed E-state index contributed by atoms with van der Waals surface area (Å²) in [5.41, 5.74) is 1.28. The number of morpholine rings is 1. The van der Waals surface area contributed by atoms with E-state index in [1.165, 1.54) is 5.69 Å². The van der Waals surface area contributed by atoms with Gasteiger partial charge in [0.1, 0.15) is 6.61 Å². The Kier molecular flexibility index (Phi) is 5.22. The molecule has 0 aromatic heterocycles. The van der Waals surface area contributed by atoms with Gasteiger partial charge in [0.05, 0.1) is 25.4 Å². The number of benzene rings is 1. The number of ether oxygens (including phenoxy) is 2. The Balaban J connectivity index is 1.28. The van der Waals surface area contributed by atoms with Crippen LogP contribution in [0.25, 0.3) is 0 Å². The Labute approximate surface area is 149 Å². The van der Waals surface area contributed by atoms with Crippen LogP contribution in [0, 0.1) is 5.92 Å². The maximum atomic E-state index is 12.1. The zero-order valence-corrected chi connectivity index (χ0v) is 14.8. The maximum absolute atomic E-state index is 12.1. The maximum Gasteiger partial charge on any atom is 0.248 e. The zero-order chi connectivity index (χ0) is 17.1. The first kappa shape index (κ1) is 16.9. The quantitative estimate of drug-likeness (QED) is 0.822. The molecule has 25 heavy (non-hydrogen) atoms. The van der Waals surface area contributed by atoms with Crippen LogP contribution in [-0.4, -0.2) is 62.4 Å². The van der Waals surface area contributed by atoms with E-state index in [0.29, 0.717) is 18.6 Å². The molecule has 5 nitrogen and oxygen atoms in total. The lowest BCUT2D eigenvalue weighted by atomic mass is 10.1. The Hall–Kier alpha value is -1.59. The molecule has 0 bridgehead atoms. The largest absolute Gasteiger partial charge is 0.374 e. The van der Waals surface area contributed by atoms with Crippen molar-refractivity contribution < 1.29 is 14.3 Å². The van der Waals surface area contributed by atoms with Crippen LogP contribution in [0.15, 0.2) is 30.3 Å². The van der Waals surface area contributed by atoms with Crippen LogP contribution in [0.3, 0.4) is 0 Å². The van der Waals surface area contributed by atoms with E-state index < -0.39 is 0 Å². The van der Waals surface area contributed by atoms with E-state index >= 15 is 0 Å². The molecule has 5 heteroatoms. The van der Waals surface area contributed by atoms with E-state index in [-0.39, 0.29) is 18.6 Å². The number of carbonyl (C=O) groups excluding carboxylic acids is 1. The smallest absolute Gasteiger partial charge is 0.248 e. The Morgan fingerprint density at radius 2 is 1.92 bits per heavy atom. The number of likely N-dealkylation sites (tertiary alicyclic amines) is 1. The molecular formula is C20H28N2O3. The number of anilines is 1. The minimum atomic E-state index is 0.148. The molecule has 0 radical (unpaired) electrons. The summed E-state index contributed by atoms with van der Waals surface area (Å²) in [6.07, 6.45) is 4.66. The van der Waals surface area contributed by atoms with Gasteiger partial charge in [-0.3, -0.25) is 4.79 Å². The van der Waals surface area contributed by atoms with E-state index in [9.17, 15) is 4.79 Å². The van der Waals surface area contributed by atoms with Crippen molar-refractivity contribution in [2.45, 2.75) is 37.8 Å². The van der Waals surface area contributed by atoms with Gasteiger partial charge in [0.25, 0.3) is 0 Å². The topological polar surface area (TPSA) is 42.0 Å². The highest BCUT2D eigenvalue weighted by Crippen LogP contribution is 2.36. The standard InChI is InChI=1S/C20H28N2O3/c23-20(21-8-4-5-9-21)15-24-14-16-12-18-19(13-16)25-11-10-22(18)17-6-2-1-3-7-17/h1-3,6-7,16,18-19H,4-5,8-15H2/t16-,18+,19+/m1/s1. The van der Waals surface area contributed by atoms with Gasteiger partial charge in [-0.05, 0) is 43.7 Å². The lowest BCUT2D eigenvalue weighted by molar-refractivity contribution is -0.135. The van der Waals surface area contributed by atoms with Crippen molar-refractivity contribution in [2.24, 2.45) is 5.92 Å². The molecule has 0 spiro atoms. The first-order valence-corrected chi connectivity index (χ1v) is 9.60. The van der Waals surface area contributed by atoms with Crippen molar-refractivity contribution in [3.63, 3.8) is 0 Å². The van der Waals surface area contributed by atoms with Crippen molar-refractivity contribution in [1.29, 1.82) is 0 Å². The fourth-order valence-corrected chi connectivity index (χ4v) is 4.50. The van der Waals surface area contributed by atoms with Gasteiger partial charge in [-0.15, -0.1) is 0 Å². The molecule has 2 heterocycles. The number of carbonyl (C=O) groups is 1. The lowest BCUT2D eigenvalue weighted by Gasteiger charge is -2.39. The molecule has 1 aliphatic carbocycles. The number of amides is 1. The van der Waals surface area contributed by atoms with Crippen LogP contribution < -0.4 is 4.90 Å². The minimum Gasteiger partial charge on any atom is -0.374 e. The normalized spacial score (nSPS) is 29.0. The van der Waals surface area contributed by atoms with Gasteiger partial charge in [-0.25, -0.2) is 0 Å². The fraction of sp³-hybridized carbons (Fsp3) is 0.650. The van der Waals surface area contributed by atoms with Crippen molar-refractivity contribution in [3.05, 3.63) is 30.3 Å². The molecule has 3 atom stereocenters. The van der Waals surface area contributed by atoms with Crippen molar-refractivity contribution in [3.8, 4) is 0 Å². The first-order valence-electron chi connectivity index (χ1n) is 9.60. The summed E-state index contributed by atoms with van der Waals surface area (Å²) < 4.78 is 11.8. The van der Waals surface area contributed by atoms with E-state index in [0.717, 1.165) is 51.9 Å². The molecule has 136 valence electrons. The third-order valence-electron chi connectivity index (χ3n) is 5.76. The molecule has 0 N–H and O–H groups in total. The minimum absolute atomic E-state index is 0.148. The second-order valence-electron chi connectivity index (χ2n) is 7.45. The molecule has 3 fully saturated rings. The summed E-state index contributed by atoms with van der Waals surface area (Å²) in [4.78, 5) is 16.5. The van der Waals surface area contributed by atoms with E-state index in [1.807, 2.05) is 4.90 Å². The molecule has 1 saturated carbocycles.